The molecule has 1 heterocycles. The number of carbonyl (C=O) groups is 1. The number of carbonyl (C=O) groups excluding carboxylic acids is 1. The topological polar surface area (TPSA) is 77.2 Å². The number of nitrogens with zero attached hydrogens (tertiary/aromatic N) is 1. The predicted octanol–water partition coefficient (Wildman–Crippen LogP) is 4.52. The molecule has 3 N–H and O–H groups in total. The zero-order valence-corrected chi connectivity index (χ0v) is 16.3. The normalized spacial score (nSPS) is 12.6. The Labute approximate surface area is 170 Å². The zero-order valence-electron chi connectivity index (χ0n) is 16.3. The van der Waals surface area contributed by atoms with E-state index in [1.54, 1.807) is 6.07 Å². The molecular weight excluding hydrogens is 362 g/mol. The van der Waals surface area contributed by atoms with Gasteiger partial charge in [0.25, 0.3) is 0 Å². The Morgan fingerprint density at radius 1 is 1.07 bits per heavy atom. The van der Waals surface area contributed by atoms with Crippen molar-refractivity contribution in [2.45, 2.75) is 12.8 Å². The molecule has 146 valence electrons. The van der Waals surface area contributed by atoms with Crippen LogP contribution in [0.15, 0.2) is 66.7 Å². The van der Waals surface area contributed by atoms with Gasteiger partial charge in [-0.2, -0.15) is 0 Å². The first kappa shape index (κ1) is 18.7. The van der Waals surface area contributed by atoms with Gasteiger partial charge in [0, 0.05) is 12.5 Å². The van der Waals surface area contributed by atoms with Gasteiger partial charge in [-0.05, 0) is 46.9 Å². The van der Waals surface area contributed by atoms with Crippen molar-refractivity contribution in [2.24, 2.45) is 0 Å². The second-order valence-corrected chi connectivity index (χ2v) is 7.05. The Kier molecular flexibility index (Phi) is 5.29. The van der Waals surface area contributed by atoms with Crippen molar-refractivity contribution in [3.8, 4) is 11.1 Å². The molecule has 5 nitrogen and oxygen atoms in total. The molecule has 0 saturated heterocycles. The number of hydrogen-bond acceptors (Lipinski definition) is 4. The molecule has 0 bridgehead atoms. The van der Waals surface area contributed by atoms with Crippen molar-refractivity contribution < 1.29 is 9.53 Å². The summed E-state index contributed by atoms with van der Waals surface area (Å²) < 4.78 is 5.52. The number of fused-ring (bicyclic) bond motifs is 3. The van der Waals surface area contributed by atoms with Crippen LogP contribution in [0, 0.1) is 6.92 Å². The maximum Gasteiger partial charge on any atom is 0.407 e. The fourth-order valence-corrected chi connectivity index (χ4v) is 3.69. The second-order valence-electron chi connectivity index (χ2n) is 7.05. The molecule has 2 aromatic carbocycles. The molecule has 0 saturated carbocycles. The van der Waals surface area contributed by atoms with Crippen LogP contribution in [-0.2, 0) is 4.74 Å². The standard InChI is InChI=1S/C24H23N3O2/c1-16-12-13-23(25)27-22(16)11-6-14-26-24(28)29-15-21-19-9-4-2-7-17(19)18-8-3-5-10-20(18)21/h2-13,21H,14-15H2,1H3,(H2,25,27)(H,26,28). The van der Waals surface area contributed by atoms with Crippen molar-refractivity contribution in [3.05, 3.63) is 89.1 Å². The summed E-state index contributed by atoms with van der Waals surface area (Å²) >= 11 is 0. The van der Waals surface area contributed by atoms with Crippen molar-refractivity contribution in [3.63, 3.8) is 0 Å². The number of nitrogens with two attached hydrogens (primary N) is 1. The van der Waals surface area contributed by atoms with Crippen LogP contribution in [0.5, 0.6) is 0 Å². The first-order valence-electron chi connectivity index (χ1n) is 9.62. The number of aromatic nitrogens is 1. The number of pyridine rings is 1. The average molecular weight is 385 g/mol. The lowest BCUT2D eigenvalue weighted by atomic mass is 9.98. The lowest BCUT2D eigenvalue weighted by Crippen LogP contribution is -2.26. The van der Waals surface area contributed by atoms with Gasteiger partial charge >= 0.3 is 6.09 Å². The van der Waals surface area contributed by atoms with E-state index in [0.29, 0.717) is 19.0 Å². The fourth-order valence-electron chi connectivity index (χ4n) is 3.69. The summed E-state index contributed by atoms with van der Waals surface area (Å²) in [5.74, 6) is 0.530. The fraction of sp³-hybridized carbons (Fsp3) is 0.167. The number of nitrogens with one attached hydrogen (secondary N) is 1. The van der Waals surface area contributed by atoms with E-state index in [9.17, 15) is 4.79 Å². The summed E-state index contributed by atoms with van der Waals surface area (Å²) in [6, 6.07) is 20.2. The number of amides is 1. The van der Waals surface area contributed by atoms with E-state index in [2.05, 4.69) is 34.6 Å². The van der Waals surface area contributed by atoms with E-state index >= 15 is 0 Å². The van der Waals surface area contributed by atoms with E-state index < -0.39 is 6.09 Å². The molecule has 1 aliphatic carbocycles. The maximum absolute atomic E-state index is 12.2. The second kappa shape index (κ2) is 8.19. The maximum atomic E-state index is 12.2. The van der Waals surface area contributed by atoms with Gasteiger partial charge in [0.05, 0.1) is 5.69 Å². The SMILES string of the molecule is Cc1ccc(N)nc1C=CCNC(=O)OCC1c2ccccc2-c2ccccc21. The summed E-state index contributed by atoms with van der Waals surface area (Å²) in [5.41, 5.74) is 12.4. The Hall–Kier alpha value is -3.60. The van der Waals surface area contributed by atoms with E-state index in [1.807, 2.05) is 49.4 Å². The minimum absolute atomic E-state index is 0.0582. The molecule has 0 aliphatic heterocycles. The average Bonchev–Trinajstić information content (AvgIpc) is 3.06. The van der Waals surface area contributed by atoms with Gasteiger partial charge in [0.1, 0.15) is 12.4 Å². The first-order chi connectivity index (χ1) is 14.1. The van der Waals surface area contributed by atoms with Crippen LogP contribution < -0.4 is 11.1 Å². The van der Waals surface area contributed by atoms with Crippen molar-refractivity contribution in [1.82, 2.24) is 10.3 Å². The quantitative estimate of drug-likeness (QED) is 0.677. The molecular formula is C24H23N3O2. The minimum atomic E-state index is -0.436. The molecule has 0 atom stereocenters. The largest absolute Gasteiger partial charge is 0.449 e. The Balaban J connectivity index is 1.34. The van der Waals surface area contributed by atoms with E-state index in [-0.39, 0.29) is 5.92 Å². The number of aryl methyl sites for hydroxylation is 1. The minimum Gasteiger partial charge on any atom is -0.449 e. The number of nitrogen functional groups attached to an aromatic ring is 1. The predicted molar refractivity (Wildman–Crippen MR) is 115 cm³/mol. The Bertz CT molecular complexity index is 1030. The smallest absolute Gasteiger partial charge is 0.407 e. The van der Waals surface area contributed by atoms with Gasteiger partial charge in [-0.1, -0.05) is 60.7 Å². The van der Waals surface area contributed by atoms with Crippen LogP contribution in [-0.4, -0.2) is 24.2 Å². The molecule has 0 spiro atoms. The van der Waals surface area contributed by atoms with Crippen LogP contribution in [0.1, 0.15) is 28.3 Å². The van der Waals surface area contributed by atoms with Gasteiger partial charge < -0.3 is 15.8 Å². The summed E-state index contributed by atoms with van der Waals surface area (Å²) in [6.45, 7) is 2.62. The highest BCUT2D eigenvalue weighted by Gasteiger charge is 2.28. The van der Waals surface area contributed by atoms with Gasteiger partial charge in [-0.15, -0.1) is 0 Å². The third kappa shape index (κ3) is 3.99. The molecule has 1 amide bonds. The highest BCUT2D eigenvalue weighted by Crippen LogP contribution is 2.44. The van der Waals surface area contributed by atoms with Gasteiger partial charge in [0.15, 0.2) is 0 Å². The number of rotatable bonds is 5. The van der Waals surface area contributed by atoms with Gasteiger partial charge in [-0.3, -0.25) is 0 Å². The molecule has 4 rings (SSSR count). The van der Waals surface area contributed by atoms with Crippen molar-refractivity contribution in [2.75, 3.05) is 18.9 Å². The summed E-state index contributed by atoms with van der Waals surface area (Å²) in [6.07, 6.45) is 3.24. The third-order valence-electron chi connectivity index (χ3n) is 5.14. The van der Waals surface area contributed by atoms with Gasteiger partial charge in [0.2, 0.25) is 0 Å². The summed E-state index contributed by atoms with van der Waals surface area (Å²) in [7, 11) is 0. The van der Waals surface area contributed by atoms with Crippen molar-refractivity contribution in [1.29, 1.82) is 0 Å². The zero-order chi connectivity index (χ0) is 20.2. The number of ether oxygens (including phenoxy) is 1. The highest BCUT2D eigenvalue weighted by atomic mass is 16.5. The molecule has 0 unspecified atom stereocenters. The number of hydrogen-bond donors (Lipinski definition) is 2. The molecule has 5 heteroatoms. The summed E-state index contributed by atoms with van der Waals surface area (Å²) in [4.78, 5) is 16.4. The van der Waals surface area contributed by atoms with Gasteiger partial charge in [-0.25, -0.2) is 9.78 Å². The number of benzene rings is 2. The lowest BCUT2D eigenvalue weighted by molar-refractivity contribution is 0.144. The summed E-state index contributed by atoms with van der Waals surface area (Å²) in [5, 5.41) is 2.75. The van der Waals surface area contributed by atoms with Crippen LogP contribution in [0.2, 0.25) is 0 Å². The molecule has 0 fully saturated rings. The van der Waals surface area contributed by atoms with Crippen LogP contribution in [0.3, 0.4) is 0 Å². The van der Waals surface area contributed by atoms with E-state index in [4.69, 9.17) is 10.5 Å². The lowest BCUT2D eigenvalue weighted by Gasteiger charge is -2.14. The number of anilines is 1. The highest BCUT2D eigenvalue weighted by molar-refractivity contribution is 5.79. The monoisotopic (exact) mass is 385 g/mol. The van der Waals surface area contributed by atoms with Crippen LogP contribution in [0.25, 0.3) is 17.2 Å². The molecule has 1 aromatic heterocycles. The Morgan fingerprint density at radius 3 is 2.41 bits per heavy atom. The molecule has 0 radical (unpaired) electrons. The molecule has 1 aliphatic rings. The van der Waals surface area contributed by atoms with E-state index in [1.165, 1.54) is 22.3 Å². The van der Waals surface area contributed by atoms with Crippen molar-refractivity contribution >= 4 is 18.0 Å². The third-order valence-corrected chi connectivity index (χ3v) is 5.14. The molecule has 29 heavy (non-hydrogen) atoms. The van der Waals surface area contributed by atoms with Crippen LogP contribution >= 0.6 is 0 Å². The Morgan fingerprint density at radius 2 is 1.72 bits per heavy atom. The van der Waals surface area contributed by atoms with Crippen LogP contribution in [0.4, 0.5) is 10.6 Å². The molecule has 3 aromatic rings. The van der Waals surface area contributed by atoms with E-state index in [0.717, 1.165) is 11.3 Å². The number of alkyl carbamates (subject to hydrolysis) is 1. The first-order valence-corrected chi connectivity index (χ1v) is 9.62.